The Hall–Kier alpha value is -2.15. The Kier molecular flexibility index (Phi) is 3.87. The molecule has 0 aliphatic heterocycles. The van der Waals surface area contributed by atoms with Gasteiger partial charge in [0.05, 0.1) is 17.4 Å². The van der Waals surface area contributed by atoms with Crippen LogP contribution < -0.4 is 10.5 Å². The van der Waals surface area contributed by atoms with Crippen LogP contribution in [-0.2, 0) is 5.54 Å². The SMILES string of the molecule is CC(N)(c1ccc(F)cn1)c1ccccc1OC(F)(F)F. The molecule has 3 nitrogen and oxygen atoms in total. The van der Waals surface area contributed by atoms with Gasteiger partial charge in [0, 0.05) is 5.56 Å². The number of ether oxygens (including phenoxy) is 1. The molecule has 1 heterocycles. The van der Waals surface area contributed by atoms with Crippen LogP contribution >= 0.6 is 0 Å². The van der Waals surface area contributed by atoms with Crippen LogP contribution in [0.2, 0.25) is 0 Å². The van der Waals surface area contributed by atoms with E-state index in [9.17, 15) is 17.6 Å². The van der Waals surface area contributed by atoms with Gasteiger partial charge in [-0.2, -0.15) is 0 Å². The van der Waals surface area contributed by atoms with E-state index in [0.29, 0.717) is 0 Å². The molecule has 2 rings (SSSR count). The summed E-state index contributed by atoms with van der Waals surface area (Å²) in [6.07, 6.45) is -3.88. The number of nitrogens with two attached hydrogens (primary N) is 1. The fourth-order valence-corrected chi connectivity index (χ4v) is 1.93. The van der Waals surface area contributed by atoms with Crippen LogP contribution in [0.3, 0.4) is 0 Å². The first-order valence-corrected chi connectivity index (χ1v) is 5.96. The van der Waals surface area contributed by atoms with E-state index < -0.39 is 23.5 Å². The molecule has 0 aliphatic rings. The summed E-state index contributed by atoms with van der Waals surface area (Å²) in [5.74, 6) is -0.976. The van der Waals surface area contributed by atoms with Crippen molar-refractivity contribution in [3.05, 3.63) is 59.7 Å². The number of aromatic nitrogens is 1. The number of pyridine rings is 1. The molecule has 1 aromatic heterocycles. The molecule has 7 heteroatoms. The molecule has 21 heavy (non-hydrogen) atoms. The third kappa shape index (κ3) is 3.49. The average Bonchev–Trinajstić information content (AvgIpc) is 2.37. The fraction of sp³-hybridized carbons (Fsp3) is 0.214. The van der Waals surface area contributed by atoms with E-state index in [2.05, 4.69) is 9.72 Å². The number of halogens is 4. The molecule has 0 fully saturated rings. The molecule has 0 amide bonds. The first kappa shape index (κ1) is 15.2. The molecule has 0 saturated carbocycles. The zero-order chi connectivity index (χ0) is 15.7. The summed E-state index contributed by atoms with van der Waals surface area (Å²) in [7, 11) is 0. The lowest BCUT2D eigenvalue weighted by Crippen LogP contribution is -2.36. The minimum absolute atomic E-state index is 0.0985. The van der Waals surface area contributed by atoms with Gasteiger partial charge in [-0.15, -0.1) is 13.2 Å². The monoisotopic (exact) mass is 300 g/mol. The molecule has 0 bridgehead atoms. The van der Waals surface area contributed by atoms with Crippen molar-refractivity contribution in [1.29, 1.82) is 0 Å². The zero-order valence-corrected chi connectivity index (χ0v) is 11.0. The van der Waals surface area contributed by atoms with Gasteiger partial charge in [0.2, 0.25) is 0 Å². The van der Waals surface area contributed by atoms with E-state index in [4.69, 9.17) is 5.73 Å². The second-order valence-electron chi connectivity index (χ2n) is 4.61. The largest absolute Gasteiger partial charge is 0.573 e. The minimum Gasteiger partial charge on any atom is -0.405 e. The molecule has 1 atom stereocenters. The van der Waals surface area contributed by atoms with Gasteiger partial charge in [-0.1, -0.05) is 18.2 Å². The van der Waals surface area contributed by atoms with Gasteiger partial charge in [0.15, 0.2) is 0 Å². The Morgan fingerprint density at radius 1 is 1.10 bits per heavy atom. The van der Waals surface area contributed by atoms with Crippen LogP contribution in [0, 0.1) is 5.82 Å². The van der Waals surface area contributed by atoms with E-state index in [1.807, 2.05) is 0 Å². The molecular formula is C14H12F4N2O. The normalized spacial score (nSPS) is 14.6. The van der Waals surface area contributed by atoms with Crippen LogP contribution in [0.25, 0.3) is 0 Å². The third-order valence-corrected chi connectivity index (χ3v) is 2.93. The highest BCUT2D eigenvalue weighted by atomic mass is 19.4. The fourth-order valence-electron chi connectivity index (χ4n) is 1.93. The Morgan fingerprint density at radius 3 is 2.33 bits per heavy atom. The summed E-state index contributed by atoms with van der Waals surface area (Å²) in [6, 6.07) is 7.97. The summed E-state index contributed by atoms with van der Waals surface area (Å²) in [4.78, 5) is 3.83. The summed E-state index contributed by atoms with van der Waals surface area (Å²) >= 11 is 0. The van der Waals surface area contributed by atoms with Crippen LogP contribution in [0.1, 0.15) is 18.2 Å². The van der Waals surface area contributed by atoms with E-state index in [1.54, 1.807) is 0 Å². The number of benzene rings is 1. The topological polar surface area (TPSA) is 48.1 Å². The van der Waals surface area contributed by atoms with Crippen molar-refractivity contribution in [2.45, 2.75) is 18.8 Å². The number of alkyl halides is 3. The highest BCUT2D eigenvalue weighted by Gasteiger charge is 2.35. The number of hydrogen-bond donors (Lipinski definition) is 1. The summed E-state index contributed by atoms with van der Waals surface area (Å²) in [5.41, 5.74) is 5.05. The number of nitrogens with zero attached hydrogens (tertiary/aromatic N) is 1. The molecule has 1 unspecified atom stereocenters. The highest BCUT2D eigenvalue weighted by molar-refractivity contribution is 5.43. The maximum Gasteiger partial charge on any atom is 0.573 e. The summed E-state index contributed by atoms with van der Waals surface area (Å²) < 4.78 is 54.2. The van der Waals surface area contributed by atoms with Crippen molar-refractivity contribution >= 4 is 0 Å². The summed E-state index contributed by atoms with van der Waals surface area (Å²) in [5, 5.41) is 0. The van der Waals surface area contributed by atoms with Crippen molar-refractivity contribution in [3.8, 4) is 5.75 Å². The lowest BCUT2D eigenvalue weighted by Gasteiger charge is -2.27. The zero-order valence-electron chi connectivity index (χ0n) is 11.0. The first-order valence-electron chi connectivity index (χ1n) is 5.96. The van der Waals surface area contributed by atoms with Gasteiger partial charge in [-0.25, -0.2) is 4.39 Å². The van der Waals surface area contributed by atoms with E-state index in [1.165, 1.54) is 31.2 Å². The highest BCUT2D eigenvalue weighted by Crippen LogP contribution is 2.35. The predicted octanol–water partition coefficient (Wildman–Crippen LogP) is 3.34. The van der Waals surface area contributed by atoms with Crippen LogP contribution in [-0.4, -0.2) is 11.3 Å². The maximum absolute atomic E-state index is 12.9. The van der Waals surface area contributed by atoms with Crippen LogP contribution in [0.4, 0.5) is 17.6 Å². The van der Waals surface area contributed by atoms with Crippen molar-refractivity contribution in [2.75, 3.05) is 0 Å². The van der Waals surface area contributed by atoms with Crippen LogP contribution in [0.5, 0.6) is 5.75 Å². The molecule has 0 spiro atoms. The van der Waals surface area contributed by atoms with Gasteiger partial charge in [-0.05, 0) is 25.1 Å². The van der Waals surface area contributed by atoms with Gasteiger partial charge >= 0.3 is 6.36 Å². The Bertz CT molecular complexity index is 624. The molecule has 2 aromatic rings. The van der Waals surface area contributed by atoms with E-state index in [-0.39, 0.29) is 11.3 Å². The molecular weight excluding hydrogens is 288 g/mol. The van der Waals surface area contributed by atoms with E-state index in [0.717, 1.165) is 18.3 Å². The predicted molar refractivity (Wildman–Crippen MR) is 68.0 cm³/mol. The quantitative estimate of drug-likeness (QED) is 0.884. The number of para-hydroxylation sites is 1. The van der Waals surface area contributed by atoms with Crippen molar-refractivity contribution in [3.63, 3.8) is 0 Å². The smallest absolute Gasteiger partial charge is 0.405 e. The van der Waals surface area contributed by atoms with Crippen molar-refractivity contribution < 1.29 is 22.3 Å². The molecule has 112 valence electrons. The maximum atomic E-state index is 12.9. The number of hydrogen-bond acceptors (Lipinski definition) is 3. The minimum atomic E-state index is -4.83. The molecule has 0 radical (unpaired) electrons. The molecule has 2 N–H and O–H groups in total. The lowest BCUT2D eigenvalue weighted by molar-refractivity contribution is -0.275. The van der Waals surface area contributed by atoms with Crippen LogP contribution in [0.15, 0.2) is 42.6 Å². The second-order valence-corrected chi connectivity index (χ2v) is 4.61. The molecule has 0 saturated heterocycles. The van der Waals surface area contributed by atoms with Gasteiger partial charge in [0.25, 0.3) is 0 Å². The first-order chi connectivity index (χ1) is 9.70. The Morgan fingerprint density at radius 2 is 1.76 bits per heavy atom. The average molecular weight is 300 g/mol. The summed E-state index contributed by atoms with van der Waals surface area (Å²) in [6.45, 7) is 1.48. The van der Waals surface area contributed by atoms with Crippen molar-refractivity contribution in [1.82, 2.24) is 4.98 Å². The van der Waals surface area contributed by atoms with Gasteiger partial charge < -0.3 is 10.5 Å². The van der Waals surface area contributed by atoms with Gasteiger partial charge in [-0.3, -0.25) is 4.98 Å². The molecule has 1 aromatic carbocycles. The Balaban J connectivity index is 2.47. The lowest BCUT2D eigenvalue weighted by atomic mass is 9.88. The second kappa shape index (κ2) is 5.33. The number of rotatable bonds is 3. The van der Waals surface area contributed by atoms with E-state index >= 15 is 0 Å². The molecule has 0 aliphatic carbocycles. The van der Waals surface area contributed by atoms with Gasteiger partial charge in [0.1, 0.15) is 11.6 Å². The third-order valence-electron chi connectivity index (χ3n) is 2.93. The Labute approximate surface area is 118 Å². The standard InChI is InChI=1S/C14H12F4N2O/c1-13(19,12-7-6-9(15)8-20-12)10-4-2-3-5-11(10)21-14(16,17)18/h2-8H,19H2,1H3. The van der Waals surface area contributed by atoms with Crippen molar-refractivity contribution in [2.24, 2.45) is 5.73 Å².